The number of nitrogens with zero attached hydrogens (tertiary/aromatic N) is 2. The van der Waals surface area contributed by atoms with Crippen LogP contribution in [0.5, 0.6) is 0 Å². The van der Waals surface area contributed by atoms with E-state index < -0.39 is 0 Å². The molecule has 0 aliphatic carbocycles. The number of halogens is 1. The van der Waals surface area contributed by atoms with Crippen molar-refractivity contribution < 1.29 is 9.59 Å². The molecule has 0 unspecified atom stereocenters. The molecule has 0 spiro atoms. The molecule has 5 nitrogen and oxygen atoms in total. The van der Waals surface area contributed by atoms with Crippen LogP contribution in [0.25, 0.3) is 0 Å². The smallest absolute Gasteiger partial charge is 0.272 e. The summed E-state index contributed by atoms with van der Waals surface area (Å²) in [6.07, 6.45) is 1.49. The molecular weight excluding hydrogens is 334 g/mol. The second kappa shape index (κ2) is 6.49. The average Bonchev–Trinajstić information content (AvgIpc) is 2.46. The third kappa shape index (κ3) is 3.88. The second-order valence-electron chi connectivity index (χ2n) is 4.59. The van der Waals surface area contributed by atoms with Crippen LogP contribution in [0, 0.1) is 0 Å². The Hall–Kier alpha value is -2.21. The van der Waals surface area contributed by atoms with Gasteiger partial charge in [0.1, 0.15) is 5.69 Å². The summed E-state index contributed by atoms with van der Waals surface area (Å²) in [5, 5.41) is 2.75. The normalized spacial score (nSPS) is 10.0. The number of hydrogen-bond acceptors (Lipinski definition) is 3. The Morgan fingerprint density at radius 3 is 2.62 bits per heavy atom. The molecule has 21 heavy (non-hydrogen) atoms. The predicted molar refractivity (Wildman–Crippen MR) is 84.3 cm³/mol. The first-order valence-corrected chi connectivity index (χ1v) is 7.01. The molecule has 1 aromatic heterocycles. The largest absolute Gasteiger partial charge is 0.343 e. The summed E-state index contributed by atoms with van der Waals surface area (Å²) in [6, 6.07) is 10.3. The van der Waals surface area contributed by atoms with Gasteiger partial charge in [0.15, 0.2) is 0 Å². The highest BCUT2D eigenvalue weighted by molar-refractivity contribution is 9.10. The van der Waals surface area contributed by atoms with Crippen molar-refractivity contribution in [1.29, 1.82) is 0 Å². The third-order valence-corrected chi connectivity index (χ3v) is 3.22. The number of pyridine rings is 1. The summed E-state index contributed by atoms with van der Waals surface area (Å²) in [7, 11) is 3.30. The van der Waals surface area contributed by atoms with Crippen molar-refractivity contribution in [2.24, 2.45) is 0 Å². The Bertz CT molecular complexity index is 686. The molecule has 2 aromatic rings. The fraction of sp³-hybridized carbons (Fsp3) is 0.133. The van der Waals surface area contributed by atoms with Gasteiger partial charge in [0.05, 0.1) is 0 Å². The number of hydrogen-bond donors (Lipinski definition) is 1. The number of anilines is 1. The standard InChI is InChI=1S/C15H14BrN3O2/c1-19(2)15(21)13-9-12(6-7-17-13)18-14(20)10-4-3-5-11(16)8-10/h3-9H,1-2H3,(H,17,18,20). The van der Waals surface area contributed by atoms with Gasteiger partial charge in [0.25, 0.3) is 11.8 Å². The van der Waals surface area contributed by atoms with Crippen LogP contribution >= 0.6 is 15.9 Å². The molecule has 0 aliphatic heterocycles. The summed E-state index contributed by atoms with van der Waals surface area (Å²) >= 11 is 3.32. The van der Waals surface area contributed by atoms with Crippen LogP contribution in [0.1, 0.15) is 20.8 Å². The Morgan fingerprint density at radius 1 is 1.19 bits per heavy atom. The van der Waals surface area contributed by atoms with E-state index in [0.29, 0.717) is 11.3 Å². The molecule has 2 rings (SSSR count). The highest BCUT2D eigenvalue weighted by atomic mass is 79.9. The quantitative estimate of drug-likeness (QED) is 0.928. The molecule has 6 heteroatoms. The molecule has 0 atom stereocenters. The number of amides is 2. The van der Waals surface area contributed by atoms with E-state index in [9.17, 15) is 9.59 Å². The van der Waals surface area contributed by atoms with Crippen molar-refractivity contribution in [2.45, 2.75) is 0 Å². The first-order valence-electron chi connectivity index (χ1n) is 6.22. The van der Waals surface area contributed by atoms with Gasteiger partial charge in [-0.1, -0.05) is 22.0 Å². The maximum absolute atomic E-state index is 12.1. The van der Waals surface area contributed by atoms with Crippen LogP contribution in [0.2, 0.25) is 0 Å². The van der Waals surface area contributed by atoms with Crippen molar-refractivity contribution in [3.8, 4) is 0 Å². The Labute approximate surface area is 131 Å². The van der Waals surface area contributed by atoms with E-state index in [4.69, 9.17) is 0 Å². The van der Waals surface area contributed by atoms with Gasteiger partial charge >= 0.3 is 0 Å². The van der Waals surface area contributed by atoms with Gasteiger partial charge in [-0.2, -0.15) is 0 Å². The van der Waals surface area contributed by atoms with Crippen LogP contribution in [-0.2, 0) is 0 Å². The fourth-order valence-electron chi connectivity index (χ4n) is 1.69. The lowest BCUT2D eigenvalue weighted by atomic mass is 10.2. The maximum atomic E-state index is 12.1. The number of rotatable bonds is 3. The highest BCUT2D eigenvalue weighted by Crippen LogP contribution is 2.15. The number of aromatic nitrogens is 1. The minimum atomic E-state index is -0.245. The van der Waals surface area contributed by atoms with Crippen molar-refractivity contribution in [3.05, 3.63) is 58.3 Å². The van der Waals surface area contributed by atoms with Crippen LogP contribution in [0.4, 0.5) is 5.69 Å². The summed E-state index contributed by atoms with van der Waals surface area (Å²) in [5.74, 6) is -0.459. The van der Waals surface area contributed by atoms with Crippen LogP contribution < -0.4 is 5.32 Å². The Balaban J connectivity index is 2.18. The zero-order valence-corrected chi connectivity index (χ0v) is 13.2. The summed E-state index contributed by atoms with van der Waals surface area (Å²) in [5.41, 5.74) is 1.34. The van der Waals surface area contributed by atoms with E-state index in [-0.39, 0.29) is 17.5 Å². The van der Waals surface area contributed by atoms with E-state index in [1.807, 2.05) is 6.07 Å². The summed E-state index contributed by atoms with van der Waals surface area (Å²) in [4.78, 5) is 29.4. The lowest BCUT2D eigenvalue weighted by Gasteiger charge is -2.11. The van der Waals surface area contributed by atoms with E-state index in [1.165, 1.54) is 11.1 Å². The van der Waals surface area contributed by atoms with Gasteiger partial charge in [0, 0.05) is 36.0 Å². The van der Waals surface area contributed by atoms with Gasteiger partial charge in [-0.15, -0.1) is 0 Å². The van der Waals surface area contributed by atoms with Crippen molar-refractivity contribution >= 4 is 33.4 Å². The molecule has 0 aliphatic rings. The molecule has 0 saturated carbocycles. The van der Waals surface area contributed by atoms with Crippen LogP contribution in [0.3, 0.4) is 0 Å². The van der Waals surface area contributed by atoms with Gasteiger partial charge < -0.3 is 10.2 Å². The topological polar surface area (TPSA) is 62.3 Å². The average molecular weight is 348 g/mol. The van der Waals surface area contributed by atoms with E-state index in [0.717, 1.165) is 4.47 Å². The first kappa shape index (κ1) is 15.2. The number of carbonyl (C=O) groups excluding carboxylic acids is 2. The fourth-order valence-corrected chi connectivity index (χ4v) is 2.09. The van der Waals surface area contributed by atoms with Gasteiger partial charge in [0.2, 0.25) is 0 Å². The predicted octanol–water partition coefficient (Wildman–Crippen LogP) is 2.80. The van der Waals surface area contributed by atoms with Crippen molar-refractivity contribution in [3.63, 3.8) is 0 Å². The van der Waals surface area contributed by atoms with Gasteiger partial charge in [-0.3, -0.25) is 14.6 Å². The molecule has 0 saturated heterocycles. The van der Waals surface area contributed by atoms with Crippen LogP contribution in [-0.4, -0.2) is 35.8 Å². The van der Waals surface area contributed by atoms with Gasteiger partial charge in [-0.25, -0.2) is 0 Å². The SMILES string of the molecule is CN(C)C(=O)c1cc(NC(=O)c2cccc(Br)c2)ccn1. The van der Waals surface area contributed by atoms with E-state index in [2.05, 4.69) is 26.2 Å². The molecule has 0 bridgehead atoms. The zero-order valence-electron chi connectivity index (χ0n) is 11.6. The molecule has 1 aromatic carbocycles. The lowest BCUT2D eigenvalue weighted by Crippen LogP contribution is -2.23. The number of carbonyl (C=O) groups is 2. The molecule has 0 fully saturated rings. The zero-order chi connectivity index (χ0) is 15.4. The minimum Gasteiger partial charge on any atom is -0.343 e. The summed E-state index contributed by atoms with van der Waals surface area (Å²) < 4.78 is 0.827. The number of benzene rings is 1. The lowest BCUT2D eigenvalue weighted by molar-refractivity contribution is 0.0821. The van der Waals surface area contributed by atoms with Crippen molar-refractivity contribution in [1.82, 2.24) is 9.88 Å². The van der Waals surface area contributed by atoms with Crippen molar-refractivity contribution in [2.75, 3.05) is 19.4 Å². The Kier molecular flexibility index (Phi) is 4.70. The summed E-state index contributed by atoms with van der Waals surface area (Å²) in [6.45, 7) is 0. The maximum Gasteiger partial charge on any atom is 0.272 e. The minimum absolute atomic E-state index is 0.214. The molecule has 2 amide bonds. The van der Waals surface area contributed by atoms with Crippen LogP contribution in [0.15, 0.2) is 47.1 Å². The molecule has 1 N–H and O–H groups in total. The molecule has 1 heterocycles. The second-order valence-corrected chi connectivity index (χ2v) is 5.51. The monoisotopic (exact) mass is 347 g/mol. The first-order chi connectivity index (χ1) is 9.97. The third-order valence-electron chi connectivity index (χ3n) is 2.73. The van der Waals surface area contributed by atoms with Gasteiger partial charge in [-0.05, 0) is 30.3 Å². The highest BCUT2D eigenvalue weighted by Gasteiger charge is 2.12. The van der Waals surface area contributed by atoms with E-state index >= 15 is 0 Å². The molecule has 0 radical (unpaired) electrons. The number of nitrogens with one attached hydrogen (secondary N) is 1. The molecular formula is C15H14BrN3O2. The Morgan fingerprint density at radius 2 is 1.95 bits per heavy atom. The molecule has 108 valence electrons. The van der Waals surface area contributed by atoms with E-state index in [1.54, 1.807) is 44.4 Å².